The molecule has 2 aromatic rings. The van der Waals surface area contributed by atoms with Crippen LogP contribution >= 0.6 is 11.6 Å². The molecule has 0 unspecified atom stereocenters. The molecule has 2 rings (SSSR count). The van der Waals surface area contributed by atoms with E-state index >= 15 is 0 Å². The van der Waals surface area contributed by atoms with Crippen molar-refractivity contribution in [3.63, 3.8) is 0 Å². The minimum Gasteiger partial charge on any atom is -0.382 e. The lowest BCUT2D eigenvalue weighted by Crippen LogP contribution is -2.05. The third kappa shape index (κ3) is 1.96. The highest BCUT2D eigenvalue weighted by atomic mass is 35.5. The van der Waals surface area contributed by atoms with Crippen LogP contribution in [0.1, 0.15) is 17.4 Å². The number of hydrogen-bond acceptors (Lipinski definition) is 1. The van der Waals surface area contributed by atoms with Gasteiger partial charge in [0.25, 0.3) is 0 Å². The fourth-order valence-corrected chi connectivity index (χ4v) is 1.80. The summed E-state index contributed by atoms with van der Waals surface area (Å²) in [5.41, 5.74) is 1.32. The van der Waals surface area contributed by atoms with E-state index < -0.39 is 11.9 Å². The van der Waals surface area contributed by atoms with Crippen LogP contribution in [-0.4, -0.2) is 9.67 Å². The molecule has 0 saturated carbocycles. The van der Waals surface area contributed by atoms with Crippen LogP contribution in [0.2, 0.25) is 5.02 Å². The van der Waals surface area contributed by atoms with Crippen LogP contribution in [0.3, 0.4) is 0 Å². The summed E-state index contributed by atoms with van der Waals surface area (Å²) in [7, 11) is 1.84. The third-order valence-electron chi connectivity index (χ3n) is 2.52. The molecule has 0 spiro atoms. The smallest absolute Gasteiger partial charge is 0.141 e. The first kappa shape index (κ1) is 11.2. The molecular weight excluding hydrogens is 229 g/mol. The summed E-state index contributed by atoms with van der Waals surface area (Å²) in [5.74, 6) is -0.482. The lowest BCUT2D eigenvalue weighted by Gasteiger charge is -2.12. The van der Waals surface area contributed by atoms with E-state index in [9.17, 15) is 9.50 Å². The molecule has 0 aliphatic carbocycles. The van der Waals surface area contributed by atoms with Gasteiger partial charge in [-0.2, -0.15) is 0 Å². The fourth-order valence-electron chi connectivity index (χ4n) is 1.61. The molecule has 1 aromatic carbocycles. The van der Waals surface area contributed by atoms with Crippen molar-refractivity contribution in [2.75, 3.05) is 0 Å². The van der Waals surface area contributed by atoms with Crippen molar-refractivity contribution < 1.29 is 9.50 Å². The molecule has 0 bridgehead atoms. The topological polar surface area (TPSA) is 25.2 Å². The van der Waals surface area contributed by atoms with Gasteiger partial charge in [-0.15, -0.1) is 0 Å². The Balaban J connectivity index is 2.38. The summed E-state index contributed by atoms with van der Waals surface area (Å²) < 4.78 is 14.8. The Kier molecular flexibility index (Phi) is 2.99. The third-order valence-corrected chi connectivity index (χ3v) is 2.81. The Morgan fingerprint density at radius 2 is 2.12 bits per heavy atom. The van der Waals surface area contributed by atoms with Gasteiger partial charge in [0.15, 0.2) is 0 Å². The van der Waals surface area contributed by atoms with E-state index in [2.05, 4.69) is 0 Å². The molecule has 1 atom stereocenters. The number of aliphatic hydroxyl groups is 1. The molecule has 0 amide bonds. The van der Waals surface area contributed by atoms with E-state index in [0.29, 0.717) is 5.56 Å². The van der Waals surface area contributed by atoms with Gasteiger partial charge in [0.05, 0.1) is 10.7 Å². The second-order valence-electron chi connectivity index (χ2n) is 3.62. The number of aryl methyl sites for hydroxylation is 1. The van der Waals surface area contributed by atoms with Crippen molar-refractivity contribution >= 4 is 11.6 Å². The fraction of sp³-hybridized carbons (Fsp3) is 0.167. The zero-order chi connectivity index (χ0) is 11.7. The predicted molar refractivity (Wildman–Crippen MR) is 60.9 cm³/mol. The lowest BCUT2D eigenvalue weighted by molar-refractivity contribution is 0.211. The van der Waals surface area contributed by atoms with Crippen LogP contribution in [0.4, 0.5) is 4.39 Å². The van der Waals surface area contributed by atoms with Crippen LogP contribution < -0.4 is 0 Å². The molecule has 84 valence electrons. The summed E-state index contributed by atoms with van der Waals surface area (Å²) in [6.07, 6.45) is 1.04. The maximum atomic E-state index is 13.0. The van der Waals surface area contributed by atoms with Crippen molar-refractivity contribution in [3.05, 3.63) is 58.6 Å². The Labute approximate surface area is 97.9 Å². The molecule has 0 fully saturated rings. The Morgan fingerprint density at radius 3 is 2.69 bits per heavy atom. The molecule has 0 saturated heterocycles. The summed E-state index contributed by atoms with van der Waals surface area (Å²) in [5, 5.41) is 10.1. The second kappa shape index (κ2) is 4.28. The van der Waals surface area contributed by atoms with Crippen molar-refractivity contribution in [2.45, 2.75) is 6.10 Å². The van der Waals surface area contributed by atoms with Gasteiger partial charge in [0, 0.05) is 13.2 Å². The van der Waals surface area contributed by atoms with Crippen molar-refractivity contribution in [1.82, 2.24) is 4.57 Å². The number of hydrogen-bond donors (Lipinski definition) is 1. The summed E-state index contributed by atoms with van der Waals surface area (Å²) in [4.78, 5) is 0. The Bertz CT molecular complexity index is 509. The maximum Gasteiger partial charge on any atom is 0.141 e. The predicted octanol–water partition coefficient (Wildman–Crippen LogP) is 2.90. The molecular formula is C12H11ClFNO. The van der Waals surface area contributed by atoms with Gasteiger partial charge in [-0.1, -0.05) is 17.7 Å². The highest BCUT2D eigenvalue weighted by Gasteiger charge is 2.14. The average molecular weight is 240 g/mol. The molecule has 0 aliphatic heterocycles. The first-order chi connectivity index (χ1) is 7.59. The van der Waals surface area contributed by atoms with Gasteiger partial charge >= 0.3 is 0 Å². The monoisotopic (exact) mass is 239 g/mol. The first-order valence-electron chi connectivity index (χ1n) is 4.84. The van der Waals surface area contributed by atoms with Gasteiger partial charge in [-0.25, -0.2) is 4.39 Å². The van der Waals surface area contributed by atoms with Gasteiger partial charge in [0.2, 0.25) is 0 Å². The quantitative estimate of drug-likeness (QED) is 0.857. The zero-order valence-electron chi connectivity index (χ0n) is 8.69. The summed E-state index contributed by atoms with van der Waals surface area (Å²) in [6.45, 7) is 0. The Hall–Kier alpha value is -1.32. The molecule has 0 radical (unpaired) electrons. The largest absolute Gasteiger partial charge is 0.382 e. The van der Waals surface area contributed by atoms with Gasteiger partial charge in [0.1, 0.15) is 11.9 Å². The SMILES string of the molecule is Cn1cccc1[C@@H](O)c1ccc(F)c(Cl)c1. The van der Waals surface area contributed by atoms with E-state index in [1.807, 2.05) is 29.9 Å². The van der Waals surface area contributed by atoms with Crippen LogP contribution in [0.15, 0.2) is 36.5 Å². The van der Waals surface area contributed by atoms with E-state index in [-0.39, 0.29) is 5.02 Å². The zero-order valence-corrected chi connectivity index (χ0v) is 9.45. The number of nitrogens with zero attached hydrogens (tertiary/aromatic N) is 1. The van der Waals surface area contributed by atoms with Crippen LogP contribution in [0.25, 0.3) is 0 Å². The molecule has 0 aliphatic rings. The first-order valence-corrected chi connectivity index (χ1v) is 5.21. The van der Waals surface area contributed by atoms with Gasteiger partial charge < -0.3 is 9.67 Å². The van der Waals surface area contributed by atoms with Crippen molar-refractivity contribution in [3.8, 4) is 0 Å². The van der Waals surface area contributed by atoms with E-state index in [4.69, 9.17) is 11.6 Å². The van der Waals surface area contributed by atoms with Crippen LogP contribution in [-0.2, 0) is 7.05 Å². The van der Waals surface area contributed by atoms with Crippen LogP contribution in [0, 0.1) is 5.82 Å². The Morgan fingerprint density at radius 1 is 1.38 bits per heavy atom. The number of halogens is 2. The molecule has 4 heteroatoms. The minimum absolute atomic E-state index is 0.0192. The molecule has 2 nitrogen and oxygen atoms in total. The number of rotatable bonds is 2. The standard InChI is InChI=1S/C12H11ClFNO/c1-15-6-2-3-11(15)12(16)8-4-5-10(14)9(13)7-8/h2-7,12,16H,1H3/t12-/m0/s1. The molecule has 1 N–H and O–H groups in total. The normalized spacial score (nSPS) is 12.8. The second-order valence-corrected chi connectivity index (χ2v) is 4.03. The van der Waals surface area contributed by atoms with Crippen molar-refractivity contribution in [2.24, 2.45) is 7.05 Å². The lowest BCUT2D eigenvalue weighted by atomic mass is 10.1. The number of benzene rings is 1. The highest BCUT2D eigenvalue weighted by Crippen LogP contribution is 2.25. The molecule has 16 heavy (non-hydrogen) atoms. The maximum absolute atomic E-state index is 13.0. The van der Waals surface area contributed by atoms with E-state index in [1.165, 1.54) is 18.2 Å². The van der Waals surface area contributed by atoms with Crippen molar-refractivity contribution in [1.29, 1.82) is 0 Å². The highest BCUT2D eigenvalue weighted by molar-refractivity contribution is 6.30. The van der Waals surface area contributed by atoms with Gasteiger partial charge in [-0.3, -0.25) is 0 Å². The van der Waals surface area contributed by atoms with Crippen LogP contribution in [0.5, 0.6) is 0 Å². The minimum atomic E-state index is -0.793. The average Bonchev–Trinajstić information content (AvgIpc) is 2.67. The molecule has 1 heterocycles. The summed E-state index contributed by atoms with van der Waals surface area (Å²) in [6, 6.07) is 7.86. The van der Waals surface area contributed by atoms with E-state index in [1.54, 1.807) is 0 Å². The van der Waals surface area contributed by atoms with Gasteiger partial charge in [-0.05, 0) is 29.8 Å². The molecule has 1 aromatic heterocycles. The summed E-state index contributed by atoms with van der Waals surface area (Å²) >= 11 is 5.67. The number of aliphatic hydroxyl groups excluding tert-OH is 1. The number of aromatic nitrogens is 1. The van der Waals surface area contributed by atoms with E-state index in [0.717, 1.165) is 5.69 Å².